The molecule has 0 amide bonds. The Morgan fingerprint density at radius 1 is 1.47 bits per heavy atom. The van der Waals surface area contributed by atoms with E-state index in [2.05, 4.69) is 34.4 Å². The van der Waals surface area contributed by atoms with Crippen molar-refractivity contribution in [2.24, 2.45) is 5.92 Å². The zero-order chi connectivity index (χ0) is 12.3. The van der Waals surface area contributed by atoms with Crippen LogP contribution in [0.15, 0.2) is 22.7 Å². The van der Waals surface area contributed by atoms with E-state index in [1.165, 1.54) is 24.8 Å². The Morgan fingerprint density at radius 2 is 2.24 bits per heavy atom. The van der Waals surface area contributed by atoms with Crippen LogP contribution < -0.4 is 10.1 Å². The third-order valence-corrected chi connectivity index (χ3v) is 4.02. The average Bonchev–Trinajstić information content (AvgIpc) is 3.14. The molecule has 1 aliphatic rings. The van der Waals surface area contributed by atoms with Crippen molar-refractivity contribution in [3.8, 4) is 5.75 Å². The first-order chi connectivity index (χ1) is 8.24. The molecule has 1 saturated carbocycles. The summed E-state index contributed by atoms with van der Waals surface area (Å²) in [6.45, 7) is 0. The van der Waals surface area contributed by atoms with E-state index in [4.69, 9.17) is 4.74 Å². The van der Waals surface area contributed by atoms with Crippen molar-refractivity contribution in [2.75, 3.05) is 14.2 Å². The minimum atomic E-state index is 0.665. The number of hydrogen-bond donors (Lipinski definition) is 1. The highest BCUT2D eigenvalue weighted by Gasteiger charge is 2.29. The van der Waals surface area contributed by atoms with Gasteiger partial charge in [0.25, 0.3) is 0 Å². The molecule has 3 heteroatoms. The molecule has 1 unspecified atom stereocenters. The van der Waals surface area contributed by atoms with Crippen molar-refractivity contribution in [3.63, 3.8) is 0 Å². The SMILES string of the molecule is CNC(CCc1cc(Br)ccc1OC)C1CC1. The van der Waals surface area contributed by atoms with Crippen LogP contribution in [0.3, 0.4) is 0 Å². The fraction of sp³-hybridized carbons (Fsp3) is 0.571. The normalized spacial score (nSPS) is 16.9. The third kappa shape index (κ3) is 3.46. The summed E-state index contributed by atoms with van der Waals surface area (Å²) in [5, 5.41) is 3.43. The Bertz CT molecular complexity index is 376. The Kier molecular flexibility index (Phi) is 4.46. The van der Waals surface area contributed by atoms with E-state index in [0.29, 0.717) is 6.04 Å². The highest BCUT2D eigenvalue weighted by molar-refractivity contribution is 9.10. The van der Waals surface area contributed by atoms with Gasteiger partial charge in [-0.2, -0.15) is 0 Å². The van der Waals surface area contributed by atoms with Gasteiger partial charge in [0, 0.05) is 10.5 Å². The van der Waals surface area contributed by atoms with Crippen LogP contribution >= 0.6 is 15.9 Å². The number of ether oxygens (including phenoxy) is 1. The standard InChI is InChI=1S/C14H20BrNO/c1-16-13(10-3-4-10)7-5-11-9-12(15)6-8-14(11)17-2/h6,8-10,13,16H,3-5,7H2,1-2H3. The molecule has 0 aliphatic heterocycles. The molecular formula is C14H20BrNO. The zero-order valence-corrected chi connectivity index (χ0v) is 12.1. The Morgan fingerprint density at radius 3 is 2.82 bits per heavy atom. The lowest BCUT2D eigenvalue weighted by molar-refractivity contribution is 0.405. The van der Waals surface area contributed by atoms with Gasteiger partial charge in [0.1, 0.15) is 5.75 Å². The number of nitrogens with one attached hydrogen (secondary N) is 1. The first-order valence-corrected chi connectivity index (χ1v) is 7.03. The maximum Gasteiger partial charge on any atom is 0.122 e. The molecule has 1 aromatic carbocycles. The molecule has 1 N–H and O–H groups in total. The van der Waals surface area contributed by atoms with Crippen LogP contribution in [-0.2, 0) is 6.42 Å². The van der Waals surface area contributed by atoms with Crippen molar-refractivity contribution in [1.29, 1.82) is 0 Å². The largest absolute Gasteiger partial charge is 0.496 e. The fourth-order valence-corrected chi connectivity index (χ4v) is 2.78. The molecule has 0 radical (unpaired) electrons. The molecule has 1 atom stereocenters. The lowest BCUT2D eigenvalue weighted by Crippen LogP contribution is -2.27. The van der Waals surface area contributed by atoms with Crippen molar-refractivity contribution >= 4 is 15.9 Å². The molecule has 17 heavy (non-hydrogen) atoms. The van der Waals surface area contributed by atoms with Crippen LogP contribution in [0.1, 0.15) is 24.8 Å². The smallest absolute Gasteiger partial charge is 0.122 e. The third-order valence-electron chi connectivity index (χ3n) is 3.53. The number of benzene rings is 1. The fourth-order valence-electron chi connectivity index (χ4n) is 2.37. The van der Waals surface area contributed by atoms with E-state index in [1.54, 1.807) is 7.11 Å². The summed E-state index contributed by atoms with van der Waals surface area (Å²) in [7, 11) is 3.81. The molecule has 1 aliphatic carbocycles. The van der Waals surface area contributed by atoms with Gasteiger partial charge in [-0.1, -0.05) is 15.9 Å². The lowest BCUT2D eigenvalue weighted by Gasteiger charge is -2.16. The maximum atomic E-state index is 5.40. The van der Waals surface area contributed by atoms with Crippen molar-refractivity contribution in [2.45, 2.75) is 31.7 Å². The zero-order valence-electron chi connectivity index (χ0n) is 10.5. The van der Waals surface area contributed by atoms with Gasteiger partial charge >= 0.3 is 0 Å². The summed E-state index contributed by atoms with van der Waals surface area (Å²) in [6.07, 6.45) is 5.04. The number of rotatable bonds is 6. The first kappa shape index (κ1) is 12.9. The second-order valence-corrected chi connectivity index (χ2v) is 5.64. The number of aryl methyl sites for hydroxylation is 1. The van der Waals surface area contributed by atoms with E-state index < -0.39 is 0 Å². The molecule has 2 nitrogen and oxygen atoms in total. The Hall–Kier alpha value is -0.540. The molecule has 1 aromatic rings. The number of methoxy groups -OCH3 is 1. The van der Waals surface area contributed by atoms with Crippen molar-refractivity contribution < 1.29 is 4.74 Å². The predicted octanol–water partition coefficient (Wildman–Crippen LogP) is 3.39. The number of halogens is 1. The van der Waals surface area contributed by atoms with E-state index in [1.807, 2.05) is 12.1 Å². The highest BCUT2D eigenvalue weighted by atomic mass is 79.9. The average molecular weight is 298 g/mol. The van der Waals surface area contributed by atoms with Crippen LogP contribution in [-0.4, -0.2) is 20.2 Å². The van der Waals surface area contributed by atoms with Gasteiger partial charge in [-0.05, 0) is 62.4 Å². The molecule has 94 valence electrons. The minimum absolute atomic E-state index is 0.665. The monoisotopic (exact) mass is 297 g/mol. The highest BCUT2D eigenvalue weighted by Crippen LogP contribution is 2.35. The van der Waals surface area contributed by atoms with Crippen LogP contribution in [0.25, 0.3) is 0 Å². The topological polar surface area (TPSA) is 21.3 Å². The molecule has 0 spiro atoms. The Balaban J connectivity index is 1.99. The summed E-state index contributed by atoms with van der Waals surface area (Å²) in [6, 6.07) is 6.89. The van der Waals surface area contributed by atoms with E-state index in [9.17, 15) is 0 Å². The Labute approximate surface area is 112 Å². The summed E-state index contributed by atoms with van der Waals surface area (Å²) in [5.74, 6) is 1.90. The quantitative estimate of drug-likeness (QED) is 0.869. The van der Waals surface area contributed by atoms with Gasteiger partial charge in [-0.3, -0.25) is 0 Å². The number of hydrogen-bond acceptors (Lipinski definition) is 2. The van der Waals surface area contributed by atoms with Crippen molar-refractivity contribution in [1.82, 2.24) is 5.32 Å². The maximum absolute atomic E-state index is 5.40. The second-order valence-electron chi connectivity index (χ2n) is 4.73. The van der Waals surface area contributed by atoms with Crippen LogP contribution in [0, 0.1) is 5.92 Å². The van der Waals surface area contributed by atoms with E-state index in [-0.39, 0.29) is 0 Å². The molecule has 0 saturated heterocycles. The lowest BCUT2D eigenvalue weighted by atomic mass is 10.0. The van der Waals surface area contributed by atoms with E-state index >= 15 is 0 Å². The second kappa shape index (κ2) is 5.87. The van der Waals surface area contributed by atoms with Crippen LogP contribution in [0.5, 0.6) is 5.75 Å². The summed E-state index contributed by atoms with van der Waals surface area (Å²) in [5.41, 5.74) is 1.29. The first-order valence-electron chi connectivity index (χ1n) is 6.24. The van der Waals surface area contributed by atoms with Gasteiger partial charge in [0.2, 0.25) is 0 Å². The van der Waals surface area contributed by atoms with Gasteiger partial charge in [0.15, 0.2) is 0 Å². The van der Waals surface area contributed by atoms with Crippen molar-refractivity contribution in [3.05, 3.63) is 28.2 Å². The molecule has 0 bridgehead atoms. The molecule has 1 fully saturated rings. The molecule has 2 rings (SSSR count). The van der Waals surface area contributed by atoms with E-state index in [0.717, 1.165) is 22.6 Å². The molecular weight excluding hydrogens is 278 g/mol. The van der Waals surface area contributed by atoms with Gasteiger partial charge in [-0.25, -0.2) is 0 Å². The summed E-state index contributed by atoms with van der Waals surface area (Å²) >= 11 is 3.52. The van der Waals surface area contributed by atoms with Gasteiger partial charge in [-0.15, -0.1) is 0 Å². The van der Waals surface area contributed by atoms with Crippen LogP contribution in [0.2, 0.25) is 0 Å². The summed E-state index contributed by atoms with van der Waals surface area (Å²) < 4.78 is 6.53. The molecule has 0 aromatic heterocycles. The predicted molar refractivity (Wildman–Crippen MR) is 74.6 cm³/mol. The van der Waals surface area contributed by atoms with Gasteiger partial charge in [0.05, 0.1) is 7.11 Å². The van der Waals surface area contributed by atoms with Crippen LogP contribution in [0.4, 0.5) is 0 Å². The summed E-state index contributed by atoms with van der Waals surface area (Å²) in [4.78, 5) is 0. The van der Waals surface area contributed by atoms with Gasteiger partial charge < -0.3 is 10.1 Å². The minimum Gasteiger partial charge on any atom is -0.496 e. The molecule has 0 heterocycles.